The topological polar surface area (TPSA) is 119 Å². The van der Waals surface area contributed by atoms with Crippen LogP contribution in [0.4, 0.5) is 10.1 Å². The molecule has 3 aromatic rings. The minimum atomic E-state index is -1.62. The first kappa shape index (κ1) is 22.2. The van der Waals surface area contributed by atoms with E-state index < -0.39 is 47.0 Å². The molecule has 0 radical (unpaired) electrons. The highest BCUT2D eigenvalue weighted by Gasteiger charge is 2.70. The van der Waals surface area contributed by atoms with Gasteiger partial charge < -0.3 is 15.5 Å². The average molecular weight is 487 g/mol. The standard InChI is InChI=1S/C27H22FN3O5/c28-16-7-8-18-17(12-16)27(26(36)29-18)23-22(19(30-27)10-15-6-9-20(32)21(33)11-15)24(34)31(25(23)35)13-14-4-2-1-3-5-14/h1-9,11-12,19,22-23,30,32-33H,10,13H2,(H,29,36)/t19-,22+,23-,27+/m0/s1. The number of nitrogens with one attached hydrogen (secondary N) is 2. The van der Waals surface area contributed by atoms with Crippen LogP contribution in [0.3, 0.4) is 0 Å². The van der Waals surface area contributed by atoms with Crippen LogP contribution in [-0.2, 0) is 32.9 Å². The van der Waals surface area contributed by atoms with E-state index in [1.807, 2.05) is 30.3 Å². The van der Waals surface area contributed by atoms with Crippen LogP contribution in [0.25, 0.3) is 0 Å². The number of benzene rings is 3. The molecule has 0 aromatic heterocycles. The fraction of sp³-hybridized carbons (Fsp3) is 0.222. The Labute approximate surface area is 205 Å². The molecule has 0 bridgehead atoms. The summed E-state index contributed by atoms with van der Waals surface area (Å²) < 4.78 is 14.4. The van der Waals surface area contributed by atoms with Gasteiger partial charge in [0.25, 0.3) is 0 Å². The minimum Gasteiger partial charge on any atom is -0.504 e. The first-order valence-electron chi connectivity index (χ1n) is 11.6. The van der Waals surface area contributed by atoms with Gasteiger partial charge in [0, 0.05) is 17.3 Å². The van der Waals surface area contributed by atoms with Gasteiger partial charge in [-0.3, -0.25) is 24.6 Å². The van der Waals surface area contributed by atoms with Crippen molar-refractivity contribution in [3.8, 4) is 11.5 Å². The molecule has 0 unspecified atom stereocenters. The Morgan fingerprint density at radius 2 is 1.67 bits per heavy atom. The summed E-state index contributed by atoms with van der Waals surface area (Å²) in [7, 11) is 0. The number of fused-ring (bicyclic) bond motifs is 4. The fourth-order valence-corrected chi connectivity index (χ4v) is 5.88. The number of rotatable bonds is 4. The number of aromatic hydroxyl groups is 2. The van der Waals surface area contributed by atoms with Gasteiger partial charge in [0.15, 0.2) is 11.5 Å². The number of phenols is 2. The zero-order chi connectivity index (χ0) is 25.2. The quantitative estimate of drug-likeness (QED) is 0.332. The highest BCUT2D eigenvalue weighted by atomic mass is 19.1. The number of nitrogens with zero attached hydrogens (tertiary/aromatic N) is 1. The summed E-state index contributed by atoms with van der Waals surface area (Å²) in [6.07, 6.45) is 0.187. The van der Waals surface area contributed by atoms with Gasteiger partial charge >= 0.3 is 0 Å². The molecule has 0 aliphatic carbocycles. The van der Waals surface area contributed by atoms with Crippen LogP contribution >= 0.6 is 0 Å². The summed E-state index contributed by atoms with van der Waals surface area (Å²) in [6, 6.07) is 16.6. The van der Waals surface area contributed by atoms with Crippen molar-refractivity contribution in [1.29, 1.82) is 0 Å². The summed E-state index contributed by atoms with van der Waals surface area (Å²) in [5, 5.41) is 25.6. The number of halogens is 1. The Morgan fingerprint density at radius 3 is 2.42 bits per heavy atom. The average Bonchev–Trinajstić information content (AvgIpc) is 3.43. The number of hydrogen-bond acceptors (Lipinski definition) is 6. The van der Waals surface area contributed by atoms with Crippen molar-refractivity contribution < 1.29 is 29.0 Å². The lowest BCUT2D eigenvalue weighted by Gasteiger charge is -2.29. The largest absolute Gasteiger partial charge is 0.504 e. The Morgan fingerprint density at radius 1 is 0.889 bits per heavy atom. The molecule has 3 aliphatic rings. The van der Waals surface area contributed by atoms with Crippen molar-refractivity contribution in [1.82, 2.24) is 10.2 Å². The molecule has 2 saturated heterocycles. The summed E-state index contributed by atoms with van der Waals surface area (Å²) in [5.74, 6) is -4.56. The minimum absolute atomic E-state index is 0.0614. The van der Waals surface area contributed by atoms with Crippen LogP contribution in [0.1, 0.15) is 16.7 Å². The van der Waals surface area contributed by atoms with Gasteiger partial charge in [-0.05, 0) is 47.9 Å². The molecular formula is C27H22FN3O5. The SMILES string of the molecule is O=C1[C@@H]2[C@H](Cc3ccc(O)c(O)c3)N[C@@]3(C(=O)Nc4ccc(F)cc43)[C@@H]2C(=O)N1Cc1ccccc1. The zero-order valence-corrected chi connectivity index (χ0v) is 18.9. The Balaban J connectivity index is 1.45. The molecule has 36 heavy (non-hydrogen) atoms. The van der Waals surface area contributed by atoms with Crippen molar-refractivity contribution in [3.05, 3.63) is 89.2 Å². The molecule has 4 atom stereocenters. The Kier molecular flexibility index (Phi) is 4.87. The molecular weight excluding hydrogens is 465 g/mol. The molecule has 4 N–H and O–H groups in total. The maximum atomic E-state index is 14.4. The number of carbonyl (C=O) groups excluding carboxylic acids is 3. The second kappa shape index (κ2) is 7.89. The molecule has 2 fully saturated rings. The van der Waals surface area contributed by atoms with Crippen LogP contribution in [-0.4, -0.2) is 38.9 Å². The van der Waals surface area contributed by atoms with Crippen molar-refractivity contribution in [3.63, 3.8) is 0 Å². The van der Waals surface area contributed by atoms with Gasteiger partial charge in [-0.25, -0.2) is 4.39 Å². The second-order valence-electron chi connectivity index (χ2n) is 9.48. The summed E-state index contributed by atoms with van der Waals surface area (Å²) in [6.45, 7) is 0.0614. The molecule has 6 rings (SSSR count). The molecule has 1 spiro atoms. The lowest BCUT2D eigenvalue weighted by atomic mass is 9.76. The number of anilines is 1. The van der Waals surface area contributed by atoms with E-state index in [2.05, 4.69) is 10.6 Å². The predicted molar refractivity (Wildman–Crippen MR) is 126 cm³/mol. The van der Waals surface area contributed by atoms with Crippen LogP contribution in [0.5, 0.6) is 11.5 Å². The van der Waals surface area contributed by atoms with Crippen LogP contribution in [0.15, 0.2) is 66.7 Å². The summed E-state index contributed by atoms with van der Waals surface area (Å²) in [4.78, 5) is 42.2. The van der Waals surface area contributed by atoms with Crippen molar-refractivity contribution in [2.24, 2.45) is 11.8 Å². The van der Waals surface area contributed by atoms with E-state index in [1.165, 1.54) is 35.2 Å². The second-order valence-corrected chi connectivity index (χ2v) is 9.48. The predicted octanol–water partition coefficient (Wildman–Crippen LogP) is 2.40. The zero-order valence-electron chi connectivity index (χ0n) is 18.9. The van der Waals surface area contributed by atoms with Crippen LogP contribution in [0, 0.1) is 17.7 Å². The van der Waals surface area contributed by atoms with E-state index in [0.717, 1.165) is 5.56 Å². The lowest BCUT2D eigenvalue weighted by Crippen LogP contribution is -2.53. The number of hydrogen-bond donors (Lipinski definition) is 4. The highest BCUT2D eigenvalue weighted by Crippen LogP contribution is 2.53. The molecule has 3 aromatic carbocycles. The number of amides is 3. The Hall–Kier alpha value is -4.24. The molecule has 3 heterocycles. The van der Waals surface area contributed by atoms with Crippen LogP contribution < -0.4 is 10.6 Å². The highest BCUT2D eigenvalue weighted by molar-refractivity contribution is 6.15. The van der Waals surface area contributed by atoms with Crippen molar-refractivity contribution in [2.75, 3.05) is 5.32 Å². The van der Waals surface area contributed by atoms with E-state index in [1.54, 1.807) is 6.07 Å². The van der Waals surface area contributed by atoms with Crippen molar-refractivity contribution >= 4 is 23.4 Å². The third-order valence-electron chi connectivity index (χ3n) is 7.45. The van der Waals surface area contributed by atoms with Gasteiger partial charge in [-0.2, -0.15) is 0 Å². The molecule has 9 heteroatoms. The smallest absolute Gasteiger partial charge is 0.250 e. The summed E-state index contributed by atoms with van der Waals surface area (Å²) in [5.41, 5.74) is 0.421. The maximum absolute atomic E-state index is 14.4. The van der Waals surface area contributed by atoms with Gasteiger partial charge in [-0.1, -0.05) is 36.4 Å². The molecule has 0 saturated carbocycles. The molecule has 3 aliphatic heterocycles. The van der Waals surface area contributed by atoms with Crippen molar-refractivity contribution in [2.45, 2.75) is 24.5 Å². The lowest BCUT2D eigenvalue weighted by molar-refractivity contribution is -0.143. The molecule has 8 nitrogen and oxygen atoms in total. The fourth-order valence-electron chi connectivity index (χ4n) is 5.88. The third kappa shape index (κ3) is 3.12. The van der Waals surface area contributed by atoms with Gasteiger partial charge in [0.05, 0.1) is 18.4 Å². The van der Waals surface area contributed by atoms with Gasteiger partial charge in [0.2, 0.25) is 17.7 Å². The van der Waals surface area contributed by atoms with E-state index in [-0.39, 0.29) is 24.5 Å². The first-order valence-corrected chi connectivity index (χ1v) is 11.6. The normalized spacial score (nSPS) is 26.4. The van der Waals surface area contributed by atoms with E-state index in [0.29, 0.717) is 16.8 Å². The summed E-state index contributed by atoms with van der Waals surface area (Å²) >= 11 is 0. The third-order valence-corrected chi connectivity index (χ3v) is 7.45. The number of carbonyl (C=O) groups is 3. The van der Waals surface area contributed by atoms with Gasteiger partial charge in [-0.15, -0.1) is 0 Å². The maximum Gasteiger partial charge on any atom is 0.250 e. The first-order chi connectivity index (χ1) is 17.3. The molecule has 182 valence electrons. The van der Waals surface area contributed by atoms with Gasteiger partial charge in [0.1, 0.15) is 11.4 Å². The van der Waals surface area contributed by atoms with E-state index in [4.69, 9.17) is 0 Å². The number of imide groups is 1. The number of phenolic OH excluding ortho intramolecular Hbond substituents is 2. The van der Waals surface area contributed by atoms with E-state index >= 15 is 0 Å². The van der Waals surface area contributed by atoms with Crippen LogP contribution in [0.2, 0.25) is 0 Å². The molecule has 3 amide bonds. The van der Waals surface area contributed by atoms with E-state index in [9.17, 15) is 29.0 Å². The monoisotopic (exact) mass is 487 g/mol. The number of likely N-dealkylation sites (tertiary alicyclic amines) is 1. The Bertz CT molecular complexity index is 1430.